The zero-order valence-electron chi connectivity index (χ0n) is 27.7. The Morgan fingerprint density at radius 3 is 2.52 bits per heavy atom. The first-order chi connectivity index (χ1) is 21.6. The summed E-state index contributed by atoms with van der Waals surface area (Å²) in [6.45, 7) is 10.2. The lowest BCUT2D eigenvalue weighted by atomic mass is 9.43. The van der Waals surface area contributed by atoms with Crippen LogP contribution in [0.1, 0.15) is 65.9 Å². The molecular formula is C34H45BF2N4O5. The maximum Gasteiger partial charge on any atom is 0.482 e. The van der Waals surface area contributed by atoms with Crippen LogP contribution in [0.15, 0.2) is 42.0 Å². The lowest BCUT2D eigenvalue weighted by molar-refractivity contribution is -0.199. The van der Waals surface area contributed by atoms with E-state index < -0.39 is 54.9 Å². The van der Waals surface area contributed by atoms with Gasteiger partial charge in [0, 0.05) is 38.5 Å². The molecule has 6 aliphatic rings. The van der Waals surface area contributed by atoms with Crippen LogP contribution in [0.25, 0.3) is 0 Å². The Morgan fingerprint density at radius 2 is 1.93 bits per heavy atom. The van der Waals surface area contributed by atoms with Crippen molar-refractivity contribution in [3.8, 4) is 6.07 Å². The summed E-state index contributed by atoms with van der Waals surface area (Å²) >= 11 is 0. The number of carbonyl (C=O) groups is 2. The van der Waals surface area contributed by atoms with Crippen molar-refractivity contribution in [2.24, 2.45) is 17.3 Å². The Hall–Kier alpha value is -3.01. The number of likely N-dealkylation sites (tertiary alicyclic amines) is 2. The van der Waals surface area contributed by atoms with E-state index in [0.717, 1.165) is 18.4 Å². The maximum atomic E-state index is 13.9. The predicted molar refractivity (Wildman–Crippen MR) is 167 cm³/mol. The second-order valence-electron chi connectivity index (χ2n) is 15.2. The van der Waals surface area contributed by atoms with Crippen LogP contribution in [0.2, 0.25) is 0 Å². The van der Waals surface area contributed by atoms with Gasteiger partial charge in [0.25, 0.3) is 11.8 Å². The molecule has 46 heavy (non-hydrogen) atoms. The fourth-order valence-corrected chi connectivity index (χ4v) is 8.36. The zero-order valence-corrected chi connectivity index (χ0v) is 27.7. The summed E-state index contributed by atoms with van der Waals surface area (Å²) in [4.78, 5) is 31.5. The monoisotopic (exact) mass is 638 g/mol. The van der Waals surface area contributed by atoms with Crippen LogP contribution >= 0.6 is 0 Å². The van der Waals surface area contributed by atoms with E-state index >= 15 is 0 Å². The Balaban J connectivity index is 1.15. The highest BCUT2D eigenvalue weighted by Gasteiger charge is 2.68. The average molecular weight is 639 g/mol. The van der Waals surface area contributed by atoms with E-state index in [1.807, 2.05) is 36.4 Å². The summed E-state index contributed by atoms with van der Waals surface area (Å²) in [5.41, 5.74) is -0.353. The highest BCUT2D eigenvalue weighted by atomic mass is 19.3. The first-order valence-corrected chi connectivity index (χ1v) is 16.4. The van der Waals surface area contributed by atoms with Crippen molar-refractivity contribution in [3.63, 3.8) is 0 Å². The lowest BCUT2D eigenvalue weighted by Crippen LogP contribution is -2.65. The third kappa shape index (κ3) is 5.73. The van der Waals surface area contributed by atoms with Gasteiger partial charge >= 0.3 is 13.2 Å². The van der Waals surface area contributed by atoms with Gasteiger partial charge in [-0.3, -0.25) is 9.69 Å². The SMILES string of the molecule is CN(C(=O)O[C@@H]1CCN1C(=O)C(C#N)=CC(C)(C)N1CCC(F)(F)C1)[C@@H](Cc1ccccc1)B1O[C@@H]2C[C@@H]3C[C@@H](C3(C)C)[C@]2(C)O1. The lowest BCUT2D eigenvalue weighted by Gasteiger charge is -2.64. The molecule has 0 radical (unpaired) electrons. The molecule has 0 aromatic heterocycles. The van der Waals surface area contributed by atoms with Gasteiger partial charge in [0.2, 0.25) is 0 Å². The van der Waals surface area contributed by atoms with Crippen LogP contribution in [-0.2, 0) is 25.3 Å². The summed E-state index contributed by atoms with van der Waals surface area (Å²) in [6, 6.07) is 11.8. The average Bonchev–Trinajstić information content (AvgIpc) is 3.55. The number of halogens is 2. The van der Waals surface area contributed by atoms with E-state index in [2.05, 4.69) is 20.8 Å². The summed E-state index contributed by atoms with van der Waals surface area (Å²) in [6.07, 6.45) is 2.59. The molecule has 6 atom stereocenters. The van der Waals surface area contributed by atoms with E-state index in [4.69, 9.17) is 14.0 Å². The molecule has 12 heteroatoms. The van der Waals surface area contributed by atoms with Gasteiger partial charge in [0.15, 0.2) is 6.23 Å². The molecule has 9 nitrogen and oxygen atoms in total. The molecule has 0 spiro atoms. The number of ether oxygens (including phenoxy) is 1. The van der Waals surface area contributed by atoms with Crippen LogP contribution in [0.3, 0.4) is 0 Å². The maximum absolute atomic E-state index is 13.9. The molecule has 3 saturated carbocycles. The van der Waals surface area contributed by atoms with Crippen LogP contribution in [0, 0.1) is 28.6 Å². The van der Waals surface area contributed by atoms with Gasteiger partial charge in [-0.2, -0.15) is 5.26 Å². The van der Waals surface area contributed by atoms with Crippen LogP contribution in [0.4, 0.5) is 13.6 Å². The minimum atomic E-state index is -2.80. The number of nitriles is 1. The van der Waals surface area contributed by atoms with Crippen molar-refractivity contribution in [1.29, 1.82) is 5.26 Å². The molecule has 6 fully saturated rings. The fourth-order valence-electron chi connectivity index (χ4n) is 8.36. The zero-order chi connectivity index (χ0) is 33.2. The van der Waals surface area contributed by atoms with Crippen LogP contribution < -0.4 is 0 Å². The number of likely N-dealkylation sites (N-methyl/N-ethyl adjacent to an activating group) is 1. The first kappa shape index (κ1) is 32.9. The third-order valence-corrected chi connectivity index (χ3v) is 11.7. The second-order valence-corrected chi connectivity index (χ2v) is 15.2. The standard InChI is InChI=1S/C34H45BF2N4O5/c1-31(2,40-15-13-34(36,37)21-40)19-23(20-38)29(42)41-14-12-28(41)44-30(43)39(6)27(16-22-10-8-7-9-11-22)35-45-26-18-24-17-25(32(24,3)4)33(26,5)46-35/h7-11,19,24-28H,12-18,21H2,1-6H3/t24-,25-,26+,27-,28+,33-/m0/s1. The smallest absolute Gasteiger partial charge is 0.425 e. The fraction of sp³-hybridized carbons (Fsp3) is 0.676. The topological polar surface area (TPSA) is 95.3 Å². The summed E-state index contributed by atoms with van der Waals surface area (Å²) in [7, 11) is 1.01. The van der Waals surface area contributed by atoms with E-state index in [1.54, 1.807) is 25.8 Å². The number of hydrogen-bond acceptors (Lipinski definition) is 7. The van der Waals surface area contributed by atoms with E-state index in [9.17, 15) is 23.6 Å². The summed E-state index contributed by atoms with van der Waals surface area (Å²) < 4.78 is 47.0. The van der Waals surface area contributed by atoms with E-state index in [0.29, 0.717) is 31.2 Å². The molecule has 3 heterocycles. The van der Waals surface area contributed by atoms with E-state index in [-0.39, 0.29) is 30.1 Å². The van der Waals surface area contributed by atoms with Crippen molar-refractivity contribution >= 4 is 19.1 Å². The summed E-state index contributed by atoms with van der Waals surface area (Å²) in [5.74, 6) is -2.92. The van der Waals surface area contributed by atoms with Crippen LogP contribution in [0.5, 0.6) is 0 Å². The number of alkyl halides is 2. The number of benzene rings is 1. The Kier molecular flexibility index (Phi) is 8.30. The molecule has 0 unspecified atom stereocenters. The molecule has 3 aliphatic heterocycles. The molecule has 7 rings (SSSR count). The normalized spacial score (nSPS) is 32.1. The largest absolute Gasteiger partial charge is 0.482 e. The minimum Gasteiger partial charge on any atom is -0.425 e. The molecule has 3 aliphatic carbocycles. The van der Waals surface area contributed by atoms with Gasteiger partial charge in [-0.05, 0) is 68.9 Å². The van der Waals surface area contributed by atoms with Crippen molar-refractivity contribution in [2.45, 2.75) is 102 Å². The quantitative estimate of drug-likeness (QED) is 0.223. The highest BCUT2D eigenvalue weighted by Crippen LogP contribution is 2.65. The van der Waals surface area contributed by atoms with Crippen molar-refractivity contribution in [3.05, 3.63) is 47.5 Å². The number of rotatable bonds is 8. The molecule has 3 saturated heterocycles. The minimum absolute atomic E-state index is 0.0519. The highest BCUT2D eigenvalue weighted by molar-refractivity contribution is 6.47. The molecule has 2 amide bonds. The third-order valence-electron chi connectivity index (χ3n) is 11.7. The van der Waals surface area contributed by atoms with Gasteiger partial charge < -0.3 is 23.8 Å². The van der Waals surface area contributed by atoms with Gasteiger partial charge in [0.1, 0.15) is 11.6 Å². The molecular weight excluding hydrogens is 593 g/mol. The molecule has 1 aromatic carbocycles. The number of nitrogens with zero attached hydrogens (tertiary/aromatic N) is 4. The van der Waals surface area contributed by atoms with Crippen LogP contribution in [-0.4, -0.2) is 95.8 Å². The van der Waals surface area contributed by atoms with Gasteiger partial charge in [-0.15, -0.1) is 0 Å². The Labute approximate surface area is 270 Å². The number of amides is 2. The predicted octanol–water partition coefficient (Wildman–Crippen LogP) is 5.06. The van der Waals surface area contributed by atoms with E-state index in [1.165, 1.54) is 15.9 Å². The number of hydrogen-bond donors (Lipinski definition) is 0. The Morgan fingerprint density at radius 1 is 1.22 bits per heavy atom. The molecule has 0 N–H and O–H groups in total. The van der Waals surface area contributed by atoms with Crippen molar-refractivity contribution in [1.82, 2.24) is 14.7 Å². The van der Waals surface area contributed by atoms with Gasteiger partial charge in [-0.1, -0.05) is 44.2 Å². The molecule has 2 bridgehead atoms. The van der Waals surface area contributed by atoms with Gasteiger partial charge in [-0.25, -0.2) is 13.6 Å². The van der Waals surface area contributed by atoms with Gasteiger partial charge in [0.05, 0.1) is 24.2 Å². The number of carbonyl (C=O) groups excluding carboxylic acids is 2. The molecule has 1 aromatic rings. The summed E-state index contributed by atoms with van der Waals surface area (Å²) in [5, 5.41) is 9.85. The first-order valence-electron chi connectivity index (χ1n) is 16.4. The Bertz CT molecular complexity index is 1430. The van der Waals surface area contributed by atoms with Crippen molar-refractivity contribution < 1.29 is 32.4 Å². The second kappa shape index (κ2) is 11.6. The molecule has 248 valence electrons. The van der Waals surface area contributed by atoms with Crippen molar-refractivity contribution in [2.75, 3.05) is 26.7 Å².